The van der Waals surface area contributed by atoms with E-state index in [4.69, 9.17) is 37.0 Å². The average Bonchev–Trinajstić information content (AvgIpc) is 0.978. The van der Waals surface area contributed by atoms with Crippen molar-refractivity contribution in [3.8, 4) is 0 Å². The maximum Gasteiger partial charge on any atom is 0.472 e. The Morgan fingerprint density at radius 1 is 0.276 bits per heavy atom. The third-order valence-electron chi connectivity index (χ3n) is 18.5. The first-order valence-electron chi connectivity index (χ1n) is 41.1. The second-order valence-corrected chi connectivity index (χ2v) is 31.8. The fourth-order valence-corrected chi connectivity index (χ4v) is 13.8. The summed E-state index contributed by atoms with van der Waals surface area (Å²) in [6.45, 7) is 7.31. The number of carbonyl (C=O) groups is 4. The van der Waals surface area contributed by atoms with Crippen LogP contribution >= 0.6 is 15.6 Å². The van der Waals surface area contributed by atoms with Crippen LogP contribution in [0.25, 0.3) is 0 Å². The van der Waals surface area contributed by atoms with Gasteiger partial charge in [-0.1, -0.05) is 369 Å². The van der Waals surface area contributed by atoms with Gasteiger partial charge in [0, 0.05) is 25.7 Å². The second kappa shape index (κ2) is 72.0. The highest BCUT2D eigenvalue weighted by atomic mass is 31.2. The van der Waals surface area contributed by atoms with E-state index in [1.165, 1.54) is 244 Å². The Morgan fingerprint density at radius 3 is 0.694 bits per heavy atom. The van der Waals surface area contributed by atoms with Gasteiger partial charge in [-0.25, -0.2) is 9.13 Å². The highest BCUT2D eigenvalue weighted by Gasteiger charge is 2.30. The highest BCUT2D eigenvalue weighted by Crippen LogP contribution is 2.45. The van der Waals surface area contributed by atoms with Crippen molar-refractivity contribution >= 4 is 39.5 Å². The van der Waals surface area contributed by atoms with Crippen molar-refractivity contribution in [1.29, 1.82) is 0 Å². The topological polar surface area (TPSA) is 237 Å². The lowest BCUT2D eigenvalue weighted by atomic mass is 10.0. The van der Waals surface area contributed by atoms with Crippen LogP contribution in [0, 0.1) is 5.92 Å². The smallest absolute Gasteiger partial charge is 0.462 e. The maximum atomic E-state index is 13.1. The van der Waals surface area contributed by atoms with E-state index in [2.05, 4.69) is 34.6 Å². The standard InChI is InChI=1S/C79H154O17P2/c1-6-9-12-15-18-21-22-23-24-25-26-30-33-36-39-44-48-53-58-63-77(82)90-69-75(96-79(84)65-60-55-50-45-40-37-34-31-28-27-29-32-35-38-43-46-51-56-61-72(4)5)71-94-98(87,88)92-67-73(80)66-91-97(85,86)93-70-74(95-78(83)64-59-54-49-42-20-17-14-11-8-3)68-89-76(81)62-57-52-47-41-19-16-13-10-7-2/h72-75,80H,6-71H2,1-5H3,(H,85,86)(H,87,88)/t73-,74+,75+/m0/s1. The molecule has 17 nitrogen and oxygen atoms in total. The SMILES string of the molecule is CCCCCCCCCCCCCCCCCCCCCC(=O)OC[C@H](COP(=O)(O)OC[C@@H](O)COP(=O)(O)OC[C@@H](COC(=O)CCCCCCCCCCC)OC(=O)CCCCCCCCCCC)OC(=O)CCCCCCCCCCCCCCCCCCCCC(C)C. The van der Waals surface area contributed by atoms with Crippen molar-refractivity contribution in [2.45, 2.75) is 438 Å². The van der Waals surface area contributed by atoms with E-state index in [0.717, 1.165) is 95.8 Å². The van der Waals surface area contributed by atoms with Gasteiger partial charge in [0.15, 0.2) is 12.2 Å². The molecule has 0 amide bonds. The zero-order valence-corrected chi connectivity index (χ0v) is 65.7. The fourth-order valence-electron chi connectivity index (χ4n) is 12.2. The monoisotopic (exact) mass is 1440 g/mol. The van der Waals surface area contributed by atoms with Crippen LogP contribution in [0.5, 0.6) is 0 Å². The Balaban J connectivity index is 5.16. The lowest BCUT2D eigenvalue weighted by Crippen LogP contribution is -2.30. The summed E-state index contributed by atoms with van der Waals surface area (Å²) in [6.07, 6.45) is 62.6. The number of aliphatic hydroxyl groups is 1. The van der Waals surface area contributed by atoms with Crippen LogP contribution < -0.4 is 0 Å². The van der Waals surface area contributed by atoms with Crippen molar-refractivity contribution in [2.75, 3.05) is 39.6 Å². The molecule has 0 aromatic heterocycles. The number of phosphoric ester groups is 2. The molecule has 0 radical (unpaired) electrons. The zero-order chi connectivity index (χ0) is 71.9. The van der Waals surface area contributed by atoms with E-state index in [0.29, 0.717) is 25.7 Å². The molecule has 0 fully saturated rings. The van der Waals surface area contributed by atoms with Crippen molar-refractivity contribution in [2.24, 2.45) is 5.92 Å². The number of unbranched alkanes of at least 4 members (excludes halogenated alkanes) is 51. The molecule has 2 unspecified atom stereocenters. The number of hydrogen-bond acceptors (Lipinski definition) is 15. The van der Waals surface area contributed by atoms with E-state index in [1.54, 1.807) is 0 Å². The summed E-state index contributed by atoms with van der Waals surface area (Å²) in [5.41, 5.74) is 0. The van der Waals surface area contributed by atoms with E-state index in [1.807, 2.05) is 0 Å². The van der Waals surface area contributed by atoms with Gasteiger partial charge in [0.2, 0.25) is 0 Å². The summed E-state index contributed by atoms with van der Waals surface area (Å²) in [6, 6.07) is 0. The van der Waals surface area contributed by atoms with Crippen molar-refractivity contribution in [3.05, 3.63) is 0 Å². The number of ether oxygens (including phenoxy) is 4. The van der Waals surface area contributed by atoms with Gasteiger partial charge in [-0.15, -0.1) is 0 Å². The van der Waals surface area contributed by atoms with E-state index in [-0.39, 0.29) is 25.7 Å². The van der Waals surface area contributed by atoms with Crippen molar-refractivity contribution in [3.63, 3.8) is 0 Å². The van der Waals surface area contributed by atoms with Gasteiger partial charge in [0.1, 0.15) is 19.3 Å². The molecule has 0 rings (SSSR count). The third kappa shape index (κ3) is 72.4. The van der Waals surface area contributed by atoms with E-state index in [9.17, 15) is 43.2 Å². The lowest BCUT2D eigenvalue weighted by Gasteiger charge is -2.21. The minimum absolute atomic E-state index is 0.106. The number of hydrogen-bond donors (Lipinski definition) is 3. The molecule has 0 aliphatic rings. The van der Waals surface area contributed by atoms with E-state index < -0.39 is 97.5 Å². The Morgan fingerprint density at radius 2 is 0.469 bits per heavy atom. The molecule has 5 atom stereocenters. The van der Waals surface area contributed by atoms with Gasteiger partial charge in [0.05, 0.1) is 26.4 Å². The predicted octanol–water partition coefficient (Wildman–Crippen LogP) is 23.6. The van der Waals surface area contributed by atoms with Gasteiger partial charge in [-0.2, -0.15) is 0 Å². The van der Waals surface area contributed by atoms with Crippen LogP contribution in [0.1, 0.15) is 420 Å². The first-order valence-corrected chi connectivity index (χ1v) is 44.1. The van der Waals surface area contributed by atoms with Crippen LogP contribution in [-0.4, -0.2) is 96.7 Å². The van der Waals surface area contributed by atoms with Gasteiger partial charge >= 0.3 is 39.5 Å². The Hall–Kier alpha value is -1.94. The molecule has 0 bridgehead atoms. The molecule has 19 heteroatoms. The van der Waals surface area contributed by atoms with Crippen LogP contribution in [0.3, 0.4) is 0 Å². The fraction of sp³-hybridized carbons (Fsp3) is 0.949. The molecule has 0 aliphatic heterocycles. The Bertz CT molecular complexity index is 1870. The summed E-state index contributed by atoms with van der Waals surface area (Å²) < 4.78 is 68.5. The predicted molar refractivity (Wildman–Crippen MR) is 400 cm³/mol. The van der Waals surface area contributed by atoms with Crippen molar-refractivity contribution in [1.82, 2.24) is 0 Å². The summed E-state index contributed by atoms with van der Waals surface area (Å²) in [4.78, 5) is 72.8. The molecular formula is C79H154O17P2. The molecule has 0 aromatic carbocycles. The van der Waals surface area contributed by atoms with Crippen molar-refractivity contribution < 1.29 is 80.2 Å². The first-order chi connectivity index (χ1) is 47.5. The van der Waals surface area contributed by atoms with Gasteiger partial charge in [-0.3, -0.25) is 37.3 Å². The molecule has 0 aliphatic carbocycles. The average molecular weight is 1440 g/mol. The minimum Gasteiger partial charge on any atom is -0.462 e. The molecule has 0 saturated carbocycles. The molecule has 582 valence electrons. The van der Waals surface area contributed by atoms with Crippen LogP contribution in [0.15, 0.2) is 0 Å². The highest BCUT2D eigenvalue weighted by molar-refractivity contribution is 7.47. The molecule has 3 N–H and O–H groups in total. The van der Waals surface area contributed by atoms with Gasteiger partial charge in [0.25, 0.3) is 0 Å². The lowest BCUT2D eigenvalue weighted by molar-refractivity contribution is -0.161. The summed E-state index contributed by atoms with van der Waals surface area (Å²) >= 11 is 0. The van der Waals surface area contributed by atoms with Crippen LogP contribution in [-0.2, 0) is 65.4 Å². The first kappa shape index (κ1) is 96.1. The van der Waals surface area contributed by atoms with E-state index >= 15 is 0 Å². The number of esters is 4. The molecule has 0 spiro atoms. The normalized spacial score (nSPS) is 13.9. The van der Waals surface area contributed by atoms with Crippen LogP contribution in [0.2, 0.25) is 0 Å². The molecule has 0 heterocycles. The zero-order valence-electron chi connectivity index (χ0n) is 63.9. The summed E-state index contributed by atoms with van der Waals surface area (Å²) in [5.74, 6) is -1.29. The largest absolute Gasteiger partial charge is 0.472 e. The number of rotatable bonds is 79. The number of phosphoric acid groups is 2. The van der Waals surface area contributed by atoms with Gasteiger partial charge < -0.3 is 33.8 Å². The van der Waals surface area contributed by atoms with Crippen LogP contribution in [0.4, 0.5) is 0 Å². The number of aliphatic hydroxyl groups excluding tert-OH is 1. The maximum absolute atomic E-state index is 13.1. The second-order valence-electron chi connectivity index (χ2n) is 28.9. The molecular weight excluding hydrogens is 1280 g/mol. The quantitative estimate of drug-likeness (QED) is 0.0222. The summed E-state index contributed by atoms with van der Waals surface area (Å²) in [7, 11) is -9.91. The summed E-state index contributed by atoms with van der Waals surface area (Å²) in [5, 5.41) is 10.6. The molecule has 0 aromatic rings. The molecule has 98 heavy (non-hydrogen) atoms. The molecule has 0 saturated heterocycles. The number of carbonyl (C=O) groups excluding carboxylic acids is 4. The third-order valence-corrected chi connectivity index (χ3v) is 20.4. The Kier molecular flexibility index (Phi) is 70.6. The van der Waals surface area contributed by atoms with Gasteiger partial charge in [-0.05, 0) is 31.6 Å². The Labute approximate surface area is 600 Å². The minimum atomic E-state index is -4.96.